The third kappa shape index (κ3) is 2.14. The van der Waals surface area contributed by atoms with Crippen molar-refractivity contribution in [2.24, 2.45) is 0 Å². The Balaban J connectivity index is 2.21. The van der Waals surface area contributed by atoms with Crippen LogP contribution in [0.15, 0.2) is 35.1 Å². The molecule has 0 spiro atoms. The minimum Gasteiger partial charge on any atom is -0.399 e. The fourth-order valence-corrected chi connectivity index (χ4v) is 1.45. The molecule has 1 amide bonds. The fourth-order valence-electron chi connectivity index (χ4n) is 1.18. The van der Waals surface area contributed by atoms with Gasteiger partial charge in [0.2, 0.25) is 0 Å². The van der Waals surface area contributed by atoms with E-state index in [-0.39, 0.29) is 5.91 Å². The lowest BCUT2D eigenvalue weighted by Crippen LogP contribution is -2.12. The monoisotopic (exact) mass is 237 g/mol. The van der Waals surface area contributed by atoms with Crippen LogP contribution >= 0.6 is 11.6 Å². The van der Waals surface area contributed by atoms with Gasteiger partial charge in [0.1, 0.15) is 6.26 Å². The van der Waals surface area contributed by atoms with Crippen molar-refractivity contribution in [2.75, 3.05) is 11.1 Å². The van der Waals surface area contributed by atoms with Crippen LogP contribution < -0.4 is 11.1 Å². The predicted octanol–water partition coefficient (Wildman–Crippen LogP) is 2.16. The molecule has 0 aliphatic carbocycles. The van der Waals surface area contributed by atoms with Crippen molar-refractivity contribution < 1.29 is 9.32 Å². The van der Waals surface area contributed by atoms with E-state index in [9.17, 15) is 4.79 Å². The van der Waals surface area contributed by atoms with Gasteiger partial charge in [0, 0.05) is 11.8 Å². The van der Waals surface area contributed by atoms with Crippen molar-refractivity contribution in [3.63, 3.8) is 0 Å². The lowest BCUT2D eigenvalue weighted by Gasteiger charge is -2.04. The normalized spacial score (nSPS) is 10.1. The van der Waals surface area contributed by atoms with Gasteiger partial charge in [-0.15, -0.1) is 0 Å². The molecule has 2 aromatic rings. The van der Waals surface area contributed by atoms with Gasteiger partial charge in [-0.2, -0.15) is 0 Å². The molecular formula is C10H8ClN3O2. The molecule has 0 aliphatic rings. The van der Waals surface area contributed by atoms with E-state index in [2.05, 4.69) is 15.0 Å². The Hall–Kier alpha value is -2.01. The summed E-state index contributed by atoms with van der Waals surface area (Å²) in [6.45, 7) is 0. The fraction of sp³-hybridized carbons (Fsp3) is 0. The topological polar surface area (TPSA) is 81.2 Å². The molecule has 1 heterocycles. The molecule has 0 saturated heterocycles. The third-order valence-electron chi connectivity index (χ3n) is 1.92. The van der Waals surface area contributed by atoms with Gasteiger partial charge in [0.25, 0.3) is 5.91 Å². The molecule has 82 valence electrons. The highest BCUT2D eigenvalue weighted by Gasteiger charge is 2.11. The summed E-state index contributed by atoms with van der Waals surface area (Å²) < 4.78 is 4.58. The molecule has 2 rings (SSSR count). The second-order valence-electron chi connectivity index (χ2n) is 3.08. The van der Waals surface area contributed by atoms with Crippen molar-refractivity contribution in [1.82, 2.24) is 5.16 Å². The number of carbonyl (C=O) groups is 1. The molecule has 0 unspecified atom stereocenters. The lowest BCUT2D eigenvalue weighted by molar-refractivity contribution is 0.102. The smallest absolute Gasteiger partial charge is 0.258 e. The van der Waals surface area contributed by atoms with E-state index < -0.39 is 0 Å². The molecule has 0 aliphatic heterocycles. The van der Waals surface area contributed by atoms with Crippen molar-refractivity contribution in [1.29, 1.82) is 0 Å². The third-order valence-corrected chi connectivity index (χ3v) is 2.23. The van der Waals surface area contributed by atoms with Crippen molar-refractivity contribution >= 4 is 29.0 Å². The first kappa shape index (κ1) is 10.5. The number of amides is 1. The maximum atomic E-state index is 11.7. The van der Waals surface area contributed by atoms with Crippen molar-refractivity contribution in [3.05, 3.63) is 41.1 Å². The second kappa shape index (κ2) is 4.24. The molecule has 0 atom stereocenters. The molecule has 0 fully saturated rings. The highest BCUT2D eigenvalue weighted by molar-refractivity contribution is 6.34. The minimum atomic E-state index is -0.362. The van der Waals surface area contributed by atoms with Crippen LogP contribution in [-0.2, 0) is 0 Å². The number of hydrogen-bond acceptors (Lipinski definition) is 4. The van der Waals surface area contributed by atoms with Crippen LogP contribution in [0.5, 0.6) is 0 Å². The molecule has 16 heavy (non-hydrogen) atoms. The van der Waals surface area contributed by atoms with Gasteiger partial charge in [0.05, 0.1) is 10.6 Å². The summed E-state index contributed by atoms with van der Waals surface area (Å²) in [5, 5.41) is 6.38. The van der Waals surface area contributed by atoms with Crippen LogP contribution in [0.1, 0.15) is 10.4 Å². The Labute approximate surface area is 96.2 Å². The van der Waals surface area contributed by atoms with E-state index in [1.54, 1.807) is 12.1 Å². The highest BCUT2D eigenvalue weighted by atomic mass is 35.5. The number of anilines is 2. The van der Waals surface area contributed by atoms with E-state index in [1.165, 1.54) is 18.4 Å². The van der Waals surface area contributed by atoms with Crippen molar-refractivity contribution in [3.8, 4) is 0 Å². The summed E-state index contributed by atoms with van der Waals surface area (Å²) >= 11 is 5.88. The van der Waals surface area contributed by atoms with Gasteiger partial charge in [-0.25, -0.2) is 0 Å². The van der Waals surface area contributed by atoms with Gasteiger partial charge in [0.15, 0.2) is 5.82 Å². The standard InChI is InChI=1S/C10H8ClN3O2/c11-8-5-6(12)1-2-7(8)10(15)13-9-3-4-16-14-9/h1-5H,12H2,(H,13,14,15). The number of rotatable bonds is 2. The molecule has 0 radical (unpaired) electrons. The van der Waals surface area contributed by atoms with E-state index >= 15 is 0 Å². The largest absolute Gasteiger partial charge is 0.399 e. The summed E-state index contributed by atoms with van der Waals surface area (Å²) in [5.41, 5.74) is 6.36. The van der Waals surface area contributed by atoms with Crippen molar-refractivity contribution in [2.45, 2.75) is 0 Å². The van der Waals surface area contributed by atoms with E-state index in [4.69, 9.17) is 17.3 Å². The number of halogens is 1. The van der Waals surface area contributed by atoms with Crippen LogP contribution in [0.2, 0.25) is 5.02 Å². The first-order chi connectivity index (χ1) is 7.66. The maximum Gasteiger partial charge on any atom is 0.258 e. The molecule has 6 heteroatoms. The first-order valence-corrected chi connectivity index (χ1v) is 4.81. The van der Waals surface area contributed by atoms with E-state index in [0.29, 0.717) is 22.1 Å². The van der Waals surface area contributed by atoms with Crippen LogP contribution in [-0.4, -0.2) is 11.1 Å². The average molecular weight is 238 g/mol. The number of carbonyl (C=O) groups excluding carboxylic acids is 1. The van der Waals surface area contributed by atoms with Gasteiger partial charge in [-0.05, 0) is 18.2 Å². The summed E-state index contributed by atoms with van der Waals surface area (Å²) in [4.78, 5) is 11.7. The summed E-state index contributed by atoms with van der Waals surface area (Å²) in [7, 11) is 0. The average Bonchev–Trinajstić information content (AvgIpc) is 2.70. The Kier molecular flexibility index (Phi) is 2.78. The lowest BCUT2D eigenvalue weighted by atomic mass is 10.2. The molecule has 0 bridgehead atoms. The zero-order valence-corrected chi connectivity index (χ0v) is 8.86. The molecule has 0 saturated carbocycles. The quantitative estimate of drug-likeness (QED) is 0.785. The molecular weight excluding hydrogens is 230 g/mol. The Morgan fingerprint density at radius 1 is 1.44 bits per heavy atom. The predicted molar refractivity (Wildman–Crippen MR) is 60.3 cm³/mol. The highest BCUT2D eigenvalue weighted by Crippen LogP contribution is 2.20. The van der Waals surface area contributed by atoms with Gasteiger partial charge < -0.3 is 15.6 Å². The SMILES string of the molecule is Nc1ccc(C(=O)Nc2ccon2)c(Cl)c1. The number of aromatic nitrogens is 1. The molecule has 1 aromatic heterocycles. The van der Waals surface area contributed by atoms with Crippen LogP contribution in [0.25, 0.3) is 0 Å². The number of benzene rings is 1. The molecule has 1 aromatic carbocycles. The Morgan fingerprint density at radius 2 is 2.25 bits per heavy atom. The maximum absolute atomic E-state index is 11.7. The number of nitrogen functional groups attached to an aromatic ring is 1. The number of nitrogens with two attached hydrogens (primary N) is 1. The van der Waals surface area contributed by atoms with E-state index in [0.717, 1.165) is 0 Å². The summed E-state index contributed by atoms with van der Waals surface area (Å²) in [6, 6.07) is 6.19. The summed E-state index contributed by atoms with van der Waals surface area (Å²) in [5.74, 6) is -0.0307. The Morgan fingerprint density at radius 3 is 2.88 bits per heavy atom. The number of nitrogens with one attached hydrogen (secondary N) is 1. The number of hydrogen-bond donors (Lipinski definition) is 2. The van der Waals surface area contributed by atoms with Crippen LogP contribution in [0.3, 0.4) is 0 Å². The first-order valence-electron chi connectivity index (χ1n) is 4.43. The molecule has 3 N–H and O–H groups in total. The van der Waals surface area contributed by atoms with E-state index in [1.807, 2.05) is 0 Å². The van der Waals surface area contributed by atoms with Crippen LogP contribution in [0, 0.1) is 0 Å². The Bertz CT molecular complexity index is 511. The number of nitrogens with zero attached hydrogens (tertiary/aromatic N) is 1. The van der Waals surface area contributed by atoms with Gasteiger partial charge in [-0.1, -0.05) is 16.8 Å². The minimum absolute atomic E-state index is 0.293. The zero-order valence-electron chi connectivity index (χ0n) is 8.11. The summed E-state index contributed by atoms with van der Waals surface area (Å²) in [6.07, 6.45) is 1.36. The van der Waals surface area contributed by atoms with Gasteiger partial charge in [-0.3, -0.25) is 4.79 Å². The van der Waals surface area contributed by atoms with Gasteiger partial charge >= 0.3 is 0 Å². The molecule has 5 nitrogen and oxygen atoms in total. The zero-order chi connectivity index (χ0) is 11.5. The van der Waals surface area contributed by atoms with Crippen LogP contribution in [0.4, 0.5) is 11.5 Å². The second-order valence-corrected chi connectivity index (χ2v) is 3.49.